The monoisotopic (exact) mass is 450 g/mol. The molecule has 0 radical (unpaired) electrons. The fraction of sp³-hybridized carbons (Fsp3) is 0.107. The van der Waals surface area contributed by atoms with E-state index in [0.29, 0.717) is 15.8 Å². The summed E-state index contributed by atoms with van der Waals surface area (Å²) in [7, 11) is 0. The minimum atomic E-state index is -0.191. The first-order valence-corrected chi connectivity index (χ1v) is 11.6. The van der Waals surface area contributed by atoms with Crippen LogP contribution >= 0.6 is 11.3 Å². The number of hydrogen-bond acceptors (Lipinski definition) is 4. The van der Waals surface area contributed by atoms with E-state index in [1.807, 2.05) is 66.0 Å². The molecule has 2 aromatic heterocycles. The molecule has 3 aromatic carbocycles. The first-order valence-electron chi connectivity index (χ1n) is 10.7. The molecule has 0 saturated carbocycles. The number of ketones is 1. The number of Topliss-reactive ketones (excluding diaryl/α,β-unsaturated/α-hetero) is 1. The first kappa shape index (κ1) is 21.0. The maximum atomic E-state index is 13.3. The summed E-state index contributed by atoms with van der Waals surface area (Å²) in [4.78, 5) is 31.4. The molecule has 162 valence electrons. The number of carbonyl (C=O) groups is 1. The number of aromatic nitrogens is 2. The van der Waals surface area contributed by atoms with Gasteiger partial charge in [-0.1, -0.05) is 72.8 Å². The van der Waals surface area contributed by atoms with E-state index in [1.165, 1.54) is 33.4 Å². The molecule has 0 bridgehead atoms. The van der Waals surface area contributed by atoms with Crippen LogP contribution in [0.2, 0.25) is 0 Å². The molecule has 0 aliphatic carbocycles. The van der Waals surface area contributed by atoms with E-state index in [-0.39, 0.29) is 17.9 Å². The lowest BCUT2D eigenvalue weighted by atomic mass is 10.0. The van der Waals surface area contributed by atoms with Crippen LogP contribution in [0, 0.1) is 13.8 Å². The van der Waals surface area contributed by atoms with Crippen molar-refractivity contribution in [3.8, 4) is 22.3 Å². The van der Waals surface area contributed by atoms with Gasteiger partial charge in [0.15, 0.2) is 5.78 Å². The number of carbonyl (C=O) groups excluding carboxylic acids is 1. The molecule has 5 aromatic rings. The van der Waals surface area contributed by atoms with Crippen LogP contribution in [-0.4, -0.2) is 15.3 Å². The van der Waals surface area contributed by atoms with Crippen LogP contribution in [0.5, 0.6) is 0 Å². The van der Waals surface area contributed by atoms with E-state index < -0.39 is 0 Å². The predicted molar refractivity (Wildman–Crippen MR) is 135 cm³/mol. The molecule has 0 atom stereocenters. The molecule has 0 unspecified atom stereocenters. The van der Waals surface area contributed by atoms with Crippen molar-refractivity contribution in [1.82, 2.24) is 9.55 Å². The SMILES string of the molecule is Cc1ccc(-c2csc3ncn(CC(=O)c4ccc(-c5ccccc5)cc4)c(=O)c23)cc1C. The van der Waals surface area contributed by atoms with Crippen LogP contribution in [0.25, 0.3) is 32.5 Å². The van der Waals surface area contributed by atoms with Gasteiger partial charge < -0.3 is 0 Å². The first-order chi connectivity index (χ1) is 16.0. The molecule has 0 spiro atoms. The lowest BCUT2D eigenvalue weighted by Gasteiger charge is -2.08. The van der Waals surface area contributed by atoms with Gasteiger partial charge in [-0.2, -0.15) is 0 Å². The molecule has 0 fully saturated rings. The molecule has 0 amide bonds. The number of thiophene rings is 1. The van der Waals surface area contributed by atoms with E-state index in [1.54, 1.807) is 0 Å². The molecule has 0 aliphatic rings. The van der Waals surface area contributed by atoms with Gasteiger partial charge in [0.1, 0.15) is 4.83 Å². The maximum Gasteiger partial charge on any atom is 0.263 e. The summed E-state index contributed by atoms with van der Waals surface area (Å²) in [6.07, 6.45) is 1.47. The molecule has 4 nitrogen and oxygen atoms in total. The Hall–Kier alpha value is -3.83. The summed E-state index contributed by atoms with van der Waals surface area (Å²) in [5.74, 6) is -0.124. The highest BCUT2D eigenvalue weighted by Gasteiger charge is 2.16. The summed E-state index contributed by atoms with van der Waals surface area (Å²) in [5, 5.41) is 2.54. The number of rotatable bonds is 5. The molecular weight excluding hydrogens is 428 g/mol. The molecule has 0 saturated heterocycles. The highest BCUT2D eigenvalue weighted by molar-refractivity contribution is 7.17. The number of aryl methyl sites for hydroxylation is 2. The van der Waals surface area contributed by atoms with Gasteiger partial charge in [0.2, 0.25) is 0 Å². The van der Waals surface area contributed by atoms with Crippen LogP contribution in [0.4, 0.5) is 0 Å². The number of hydrogen-bond donors (Lipinski definition) is 0. The van der Waals surface area contributed by atoms with Crippen LogP contribution in [0.3, 0.4) is 0 Å². The van der Waals surface area contributed by atoms with Crippen molar-refractivity contribution in [2.45, 2.75) is 20.4 Å². The van der Waals surface area contributed by atoms with E-state index in [0.717, 1.165) is 22.3 Å². The fourth-order valence-corrected chi connectivity index (χ4v) is 4.83. The Morgan fingerprint density at radius 3 is 2.30 bits per heavy atom. The third kappa shape index (κ3) is 4.03. The smallest absolute Gasteiger partial charge is 0.263 e. The third-order valence-electron chi connectivity index (χ3n) is 6.01. The zero-order valence-electron chi connectivity index (χ0n) is 18.4. The minimum absolute atomic E-state index is 0.0470. The van der Waals surface area contributed by atoms with E-state index in [9.17, 15) is 9.59 Å². The molecular formula is C28H22N2O2S. The van der Waals surface area contributed by atoms with Gasteiger partial charge in [-0.05, 0) is 41.7 Å². The fourth-order valence-electron chi connectivity index (χ4n) is 3.93. The van der Waals surface area contributed by atoms with Crippen LogP contribution < -0.4 is 5.56 Å². The van der Waals surface area contributed by atoms with Crippen molar-refractivity contribution >= 4 is 27.3 Å². The van der Waals surface area contributed by atoms with Crippen molar-refractivity contribution in [1.29, 1.82) is 0 Å². The zero-order valence-corrected chi connectivity index (χ0v) is 19.2. The summed E-state index contributed by atoms with van der Waals surface area (Å²) in [6.45, 7) is 4.08. The predicted octanol–water partition coefficient (Wildman–Crippen LogP) is 6.29. The lowest BCUT2D eigenvalue weighted by Crippen LogP contribution is -2.24. The molecule has 5 heteroatoms. The van der Waals surface area contributed by atoms with Gasteiger partial charge in [-0.15, -0.1) is 11.3 Å². The second kappa shape index (κ2) is 8.60. The van der Waals surface area contributed by atoms with Crippen molar-refractivity contribution in [2.75, 3.05) is 0 Å². The Bertz CT molecular complexity index is 1530. The largest absolute Gasteiger partial charge is 0.292 e. The lowest BCUT2D eigenvalue weighted by molar-refractivity contribution is 0.0970. The average molecular weight is 451 g/mol. The van der Waals surface area contributed by atoms with Gasteiger partial charge in [-0.3, -0.25) is 14.2 Å². The van der Waals surface area contributed by atoms with Crippen LogP contribution in [0.15, 0.2) is 89.3 Å². The Morgan fingerprint density at radius 2 is 1.58 bits per heavy atom. The van der Waals surface area contributed by atoms with Crippen molar-refractivity contribution in [2.24, 2.45) is 0 Å². The molecule has 0 N–H and O–H groups in total. The maximum absolute atomic E-state index is 13.3. The minimum Gasteiger partial charge on any atom is -0.292 e. The zero-order chi connectivity index (χ0) is 22.9. The van der Waals surface area contributed by atoms with Crippen molar-refractivity contribution in [3.63, 3.8) is 0 Å². The second-order valence-corrected chi connectivity index (χ2v) is 9.03. The summed E-state index contributed by atoms with van der Waals surface area (Å²) < 4.78 is 1.41. The molecule has 5 rings (SSSR count). The van der Waals surface area contributed by atoms with Crippen molar-refractivity contribution < 1.29 is 4.79 Å². The van der Waals surface area contributed by atoms with Crippen LogP contribution in [-0.2, 0) is 6.54 Å². The Balaban J connectivity index is 1.45. The topological polar surface area (TPSA) is 52.0 Å². The van der Waals surface area contributed by atoms with Gasteiger partial charge in [-0.25, -0.2) is 4.98 Å². The molecule has 2 heterocycles. The van der Waals surface area contributed by atoms with E-state index in [2.05, 4.69) is 31.0 Å². The third-order valence-corrected chi connectivity index (χ3v) is 6.89. The Labute approximate surface area is 195 Å². The highest BCUT2D eigenvalue weighted by atomic mass is 32.1. The normalized spacial score (nSPS) is 11.1. The van der Waals surface area contributed by atoms with Gasteiger partial charge >= 0.3 is 0 Å². The van der Waals surface area contributed by atoms with E-state index in [4.69, 9.17) is 0 Å². The van der Waals surface area contributed by atoms with Gasteiger partial charge in [0, 0.05) is 16.5 Å². The van der Waals surface area contributed by atoms with Gasteiger partial charge in [0.25, 0.3) is 5.56 Å². The second-order valence-electron chi connectivity index (χ2n) is 8.17. The van der Waals surface area contributed by atoms with Crippen molar-refractivity contribution in [3.05, 3.63) is 112 Å². The summed E-state index contributed by atoms with van der Waals surface area (Å²) >= 11 is 1.45. The van der Waals surface area contributed by atoms with Crippen LogP contribution in [0.1, 0.15) is 21.5 Å². The standard InChI is InChI=1S/C28H22N2O2S/c1-18-8-9-23(14-19(18)2)24-16-33-27-26(24)28(32)30(17-29-27)15-25(31)22-12-10-21(11-13-22)20-6-4-3-5-7-20/h3-14,16-17H,15H2,1-2H3. The number of nitrogens with zero attached hydrogens (tertiary/aromatic N) is 2. The van der Waals surface area contributed by atoms with E-state index >= 15 is 0 Å². The summed E-state index contributed by atoms with van der Waals surface area (Å²) in [5.41, 5.74) is 6.75. The van der Waals surface area contributed by atoms with Gasteiger partial charge in [0.05, 0.1) is 18.3 Å². The Morgan fingerprint density at radius 1 is 0.879 bits per heavy atom. The average Bonchev–Trinajstić information content (AvgIpc) is 3.28. The quantitative estimate of drug-likeness (QED) is 0.296. The summed E-state index contributed by atoms with van der Waals surface area (Å²) in [6, 6.07) is 23.7. The molecule has 0 aliphatic heterocycles. The number of benzene rings is 3. The molecule has 33 heavy (non-hydrogen) atoms. The number of fused-ring (bicyclic) bond motifs is 1. The highest BCUT2D eigenvalue weighted by Crippen LogP contribution is 2.31. The Kier molecular flexibility index (Phi) is 5.48.